The lowest BCUT2D eigenvalue weighted by molar-refractivity contribution is -0.114. The van der Waals surface area contributed by atoms with E-state index in [9.17, 15) is 4.79 Å². The number of nitrogens with zero attached hydrogens (tertiary/aromatic N) is 4. The Labute approximate surface area is 145 Å². The molecule has 1 N–H and O–H groups in total. The zero-order valence-corrected chi connectivity index (χ0v) is 14.9. The number of carbonyl (C=O) groups excluding carboxylic acids is 1. The molecule has 0 saturated heterocycles. The van der Waals surface area contributed by atoms with Crippen LogP contribution in [0.15, 0.2) is 39.9 Å². The van der Waals surface area contributed by atoms with E-state index in [0.717, 1.165) is 16.3 Å². The first-order valence-electron chi connectivity index (χ1n) is 7.64. The van der Waals surface area contributed by atoms with Crippen molar-refractivity contribution in [2.45, 2.75) is 13.8 Å². The smallest absolute Gasteiger partial charge is 0.283 e. The summed E-state index contributed by atoms with van der Waals surface area (Å²) in [6, 6.07) is 7.78. The van der Waals surface area contributed by atoms with Crippen LogP contribution in [0.3, 0.4) is 0 Å². The molecule has 1 aromatic rings. The molecule has 0 aromatic heterocycles. The Hall–Kier alpha value is -2.41. The summed E-state index contributed by atoms with van der Waals surface area (Å²) in [5, 5.41) is 15.5. The highest BCUT2D eigenvalue weighted by atomic mass is 32.2. The van der Waals surface area contributed by atoms with Crippen molar-refractivity contribution in [1.29, 1.82) is 5.41 Å². The molecule has 0 atom stereocenters. The van der Waals surface area contributed by atoms with Crippen LogP contribution in [0.1, 0.15) is 19.4 Å². The highest BCUT2D eigenvalue weighted by Gasteiger charge is 2.36. The first-order valence-corrected chi connectivity index (χ1v) is 8.46. The van der Waals surface area contributed by atoms with E-state index in [1.165, 1.54) is 16.8 Å². The van der Waals surface area contributed by atoms with Gasteiger partial charge in [-0.3, -0.25) is 10.2 Å². The molecule has 0 unspecified atom stereocenters. The zero-order chi connectivity index (χ0) is 17.4. The first kappa shape index (κ1) is 16.4. The first-order chi connectivity index (χ1) is 11.4. The number of hydrogen-bond acceptors (Lipinski definition) is 5. The van der Waals surface area contributed by atoms with Crippen LogP contribution in [0.25, 0.3) is 6.08 Å². The van der Waals surface area contributed by atoms with Crippen LogP contribution in [0, 0.1) is 11.3 Å². The summed E-state index contributed by atoms with van der Waals surface area (Å²) in [6.45, 7) is 4.05. The molecule has 0 fully saturated rings. The molecule has 0 saturated carbocycles. The van der Waals surface area contributed by atoms with Gasteiger partial charge in [-0.2, -0.15) is 15.1 Å². The molecular formula is C17H19N5OS. The number of benzene rings is 1. The molecule has 2 heterocycles. The Balaban J connectivity index is 1.92. The van der Waals surface area contributed by atoms with Gasteiger partial charge in [0.15, 0.2) is 5.84 Å². The number of aliphatic imine (C=N–C) groups is 1. The molecule has 0 bridgehead atoms. The summed E-state index contributed by atoms with van der Waals surface area (Å²) in [7, 11) is 3.94. The second-order valence-electron chi connectivity index (χ2n) is 6.10. The van der Waals surface area contributed by atoms with Gasteiger partial charge < -0.3 is 4.90 Å². The fourth-order valence-corrected chi connectivity index (χ4v) is 3.17. The zero-order valence-electron chi connectivity index (χ0n) is 14.1. The normalized spacial score (nSPS) is 18.9. The van der Waals surface area contributed by atoms with Crippen LogP contribution in [0.4, 0.5) is 5.69 Å². The maximum absolute atomic E-state index is 12.3. The third kappa shape index (κ3) is 2.99. The number of hydrazone groups is 1. The van der Waals surface area contributed by atoms with Gasteiger partial charge in [-0.1, -0.05) is 26.0 Å². The van der Waals surface area contributed by atoms with Crippen LogP contribution in [0.2, 0.25) is 0 Å². The average Bonchev–Trinajstić information content (AvgIpc) is 2.96. The maximum atomic E-state index is 12.3. The third-order valence-corrected chi connectivity index (χ3v) is 4.89. The Morgan fingerprint density at radius 1 is 1.25 bits per heavy atom. The number of anilines is 1. The van der Waals surface area contributed by atoms with Gasteiger partial charge in [0, 0.05) is 25.7 Å². The van der Waals surface area contributed by atoms with Crippen molar-refractivity contribution in [3.8, 4) is 0 Å². The van der Waals surface area contributed by atoms with Gasteiger partial charge in [0.1, 0.15) is 5.04 Å². The highest BCUT2D eigenvalue weighted by molar-refractivity contribution is 8.27. The van der Waals surface area contributed by atoms with E-state index in [4.69, 9.17) is 5.41 Å². The molecule has 2 aliphatic heterocycles. The van der Waals surface area contributed by atoms with E-state index in [0.29, 0.717) is 5.17 Å². The van der Waals surface area contributed by atoms with Crippen molar-refractivity contribution < 1.29 is 4.79 Å². The minimum Gasteiger partial charge on any atom is -0.378 e. The predicted octanol–water partition coefficient (Wildman–Crippen LogP) is 3.03. The monoisotopic (exact) mass is 341 g/mol. The van der Waals surface area contributed by atoms with Gasteiger partial charge in [-0.05, 0) is 35.5 Å². The average molecular weight is 341 g/mol. The van der Waals surface area contributed by atoms with E-state index in [2.05, 4.69) is 10.1 Å². The SMILES string of the molecule is CC(C)C1=NN2C(=N)/C(=C/c3ccc(N(C)C)cc3)C(=O)N=C2S1. The van der Waals surface area contributed by atoms with Crippen LogP contribution in [-0.4, -0.2) is 41.1 Å². The van der Waals surface area contributed by atoms with Crippen molar-refractivity contribution in [2.75, 3.05) is 19.0 Å². The summed E-state index contributed by atoms with van der Waals surface area (Å²) in [4.78, 5) is 18.4. The minimum atomic E-state index is -0.393. The number of hydrogen-bond donors (Lipinski definition) is 1. The molecule has 0 spiro atoms. The molecule has 3 rings (SSSR count). The van der Waals surface area contributed by atoms with Crippen LogP contribution >= 0.6 is 11.8 Å². The molecule has 0 aliphatic carbocycles. The summed E-state index contributed by atoms with van der Waals surface area (Å²) >= 11 is 1.36. The van der Waals surface area contributed by atoms with Crippen molar-refractivity contribution >= 4 is 45.5 Å². The molecule has 7 heteroatoms. The molecule has 124 valence electrons. The Kier molecular flexibility index (Phi) is 4.28. The topological polar surface area (TPSA) is 72.1 Å². The molecule has 24 heavy (non-hydrogen) atoms. The number of carbonyl (C=O) groups is 1. The van der Waals surface area contributed by atoms with Gasteiger partial charge in [-0.15, -0.1) is 0 Å². The van der Waals surface area contributed by atoms with Gasteiger partial charge in [-0.25, -0.2) is 0 Å². The molecule has 1 amide bonds. The van der Waals surface area contributed by atoms with Crippen LogP contribution in [-0.2, 0) is 4.79 Å². The van der Waals surface area contributed by atoms with E-state index < -0.39 is 5.91 Å². The summed E-state index contributed by atoms with van der Waals surface area (Å²) in [5.41, 5.74) is 2.18. The highest BCUT2D eigenvalue weighted by Crippen LogP contribution is 2.30. The van der Waals surface area contributed by atoms with Crippen molar-refractivity contribution in [1.82, 2.24) is 5.01 Å². The predicted molar refractivity (Wildman–Crippen MR) is 101 cm³/mol. The lowest BCUT2D eigenvalue weighted by atomic mass is 10.1. The molecule has 0 radical (unpaired) electrons. The minimum absolute atomic E-state index is 0.0739. The number of rotatable bonds is 3. The molecule has 1 aromatic carbocycles. The van der Waals surface area contributed by atoms with Crippen LogP contribution in [0.5, 0.6) is 0 Å². The second kappa shape index (κ2) is 6.24. The quantitative estimate of drug-likeness (QED) is 0.858. The Morgan fingerprint density at radius 2 is 1.92 bits per heavy atom. The van der Waals surface area contributed by atoms with Gasteiger partial charge in [0.2, 0.25) is 5.17 Å². The van der Waals surface area contributed by atoms with Crippen molar-refractivity contribution in [3.63, 3.8) is 0 Å². The third-order valence-electron chi connectivity index (χ3n) is 3.68. The van der Waals surface area contributed by atoms with Crippen LogP contribution < -0.4 is 4.90 Å². The molecular weight excluding hydrogens is 322 g/mol. The van der Waals surface area contributed by atoms with Gasteiger partial charge in [0.25, 0.3) is 5.91 Å². The molecule has 6 nitrogen and oxygen atoms in total. The number of fused-ring (bicyclic) bond motifs is 1. The Morgan fingerprint density at radius 3 is 2.50 bits per heavy atom. The standard InChI is InChI=1S/C17H19N5OS/c1-10(2)16-20-22-14(18)13(15(23)19-17(22)24-16)9-11-5-7-12(8-6-11)21(3)4/h5-10,18H,1-4H3/b13-9-,18-14?. The van der Waals surface area contributed by atoms with Crippen molar-refractivity contribution in [2.24, 2.45) is 16.0 Å². The van der Waals surface area contributed by atoms with E-state index in [1.54, 1.807) is 6.08 Å². The van der Waals surface area contributed by atoms with E-state index in [1.807, 2.05) is 57.1 Å². The second-order valence-corrected chi connectivity index (χ2v) is 7.09. The van der Waals surface area contributed by atoms with E-state index in [-0.39, 0.29) is 17.3 Å². The number of nitrogens with one attached hydrogen (secondary N) is 1. The van der Waals surface area contributed by atoms with Gasteiger partial charge >= 0.3 is 0 Å². The number of thioether (sulfide) groups is 1. The fourth-order valence-electron chi connectivity index (χ4n) is 2.28. The fraction of sp³-hybridized carbons (Fsp3) is 0.294. The number of amidine groups is 2. The maximum Gasteiger partial charge on any atom is 0.283 e. The Bertz CT molecular complexity index is 790. The van der Waals surface area contributed by atoms with Crippen molar-refractivity contribution in [3.05, 3.63) is 35.4 Å². The lowest BCUT2D eigenvalue weighted by Gasteiger charge is -2.20. The number of amides is 1. The van der Waals surface area contributed by atoms with Gasteiger partial charge in [0.05, 0.1) is 5.57 Å². The molecule has 2 aliphatic rings. The largest absolute Gasteiger partial charge is 0.378 e. The summed E-state index contributed by atoms with van der Waals surface area (Å²) < 4.78 is 0. The summed E-state index contributed by atoms with van der Waals surface area (Å²) in [5.74, 6) is -0.0855. The lowest BCUT2D eigenvalue weighted by Crippen LogP contribution is -2.35. The summed E-state index contributed by atoms with van der Waals surface area (Å²) in [6.07, 6.45) is 1.69. The van der Waals surface area contributed by atoms with E-state index >= 15 is 0 Å².